The number of Topliss-reactive ketones (excluding diaryl/α,β-unsaturated/α-hetero) is 1. The molecule has 1 saturated heterocycles. The Morgan fingerprint density at radius 1 is 1.18 bits per heavy atom. The summed E-state index contributed by atoms with van der Waals surface area (Å²) in [6, 6.07) is 8.42. The molecule has 0 radical (unpaired) electrons. The lowest BCUT2D eigenvalue weighted by molar-refractivity contribution is -0.161. The fourth-order valence-electron chi connectivity index (χ4n) is 2.90. The van der Waals surface area contributed by atoms with Gasteiger partial charge in [-0.2, -0.15) is 0 Å². The average Bonchev–Trinajstić information content (AvgIpc) is 2.72. The summed E-state index contributed by atoms with van der Waals surface area (Å²) in [4.78, 5) is 23.9. The number of ketones is 1. The number of carbonyl (C=O) groups excluding carboxylic acids is 2. The van der Waals surface area contributed by atoms with Gasteiger partial charge >= 0.3 is 5.97 Å². The van der Waals surface area contributed by atoms with Gasteiger partial charge in [0.1, 0.15) is 12.2 Å². The maximum Gasteiger partial charge on any atom is 0.313 e. The number of carbonyl (C=O) groups is 2. The quantitative estimate of drug-likeness (QED) is 0.206. The minimum absolute atomic E-state index is 0.0381. The number of rotatable bonds is 13. The Labute approximate surface area is 172 Å². The SMILES string of the molecule is CCC(=O)CC(=O)OCCCCSc1ccccc1CCOC1CCCCO1. The minimum Gasteiger partial charge on any atom is -0.465 e. The van der Waals surface area contributed by atoms with E-state index in [1.54, 1.807) is 6.92 Å². The minimum atomic E-state index is -0.410. The molecular formula is C22H32O5S. The molecule has 2 rings (SSSR count). The monoisotopic (exact) mass is 408 g/mol. The molecule has 0 amide bonds. The molecule has 0 bridgehead atoms. The maximum absolute atomic E-state index is 11.5. The Bertz CT molecular complexity index is 598. The molecule has 1 fully saturated rings. The first-order valence-corrected chi connectivity index (χ1v) is 11.3. The second-order valence-electron chi connectivity index (χ2n) is 6.87. The third kappa shape index (κ3) is 9.22. The lowest BCUT2D eigenvalue weighted by Gasteiger charge is -2.22. The van der Waals surface area contributed by atoms with E-state index < -0.39 is 5.97 Å². The van der Waals surface area contributed by atoms with Crippen LogP contribution in [0, 0.1) is 0 Å². The normalized spacial score (nSPS) is 16.7. The summed E-state index contributed by atoms with van der Waals surface area (Å²) in [6.07, 6.45) is 6.19. The zero-order valence-corrected chi connectivity index (χ0v) is 17.6. The van der Waals surface area contributed by atoms with Crippen molar-refractivity contribution in [2.24, 2.45) is 0 Å². The number of hydrogen-bond acceptors (Lipinski definition) is 6. The predicted molar refractivity (Wildman–Crippen MR) is 111 cm³/mol. The van der Waals surface area contributed by atoms with Crippen LogP contribution in [0.1, 0.15) is 57.4 Å². The number of esters is 1. The third-order valence-corrected chi connectivity index (χ3v) is 5.78. The lowest BCUT2D eigenvalue weighted by Crippen LogP contribution is -2.23. The van der Waals surface area contributed by atoms with Crippen LogP contribution >= 0.6 is 11.8 Å². The van der Waals surface area contributed by atoms with E-state index in [0.717, 1.165) is 44.5 Å². The summed E-state index contributed by atoms with van der Waals surface area (Å²) >= 11 is 1.82. The summed E-state index contributed by atoms with van der Waals surface area (Å²) in [7, 11) is 0. The molecule has 1 unspecified atom stereocenters. The Morgan fingerprint density at radius 2 is 2.04 bits per heavy atom. The first kappa shape index (κ1) is 22.9. The van der Waals surface area contributed by atoms with Gasteiger partial charge in [0.2, 0.25) is 0 Å². The highest BCUT2D eigenvalue weighted by Gasteiger charge is 2.14. The number of thioether (sulfide) groups is 1. The molecule has 0 aromatic heterocycles. The molecule has 1 atom stereocenters. The number of unbranched alkanes of at least 4 members (excludes halogenated alkanes) is 1. The fourth-order valence-corrected chi connectivity index (χ4v) is 4.00. The van der Waals surface area contributed by atoms with E-state index in [0.29, 0.717) is 19.6 Å². The summed E-state index contributed by atoms with van der Waals surface area (Å²) in [6.45, 7) is 3.61. The summed E-state index contributed by atoms with van der Waals surface area (Å²) in [5.74, 6) is 0.484. The van der Waals surface area contributed by atoms with E-state index in [1.807, 2.05) is 11.8 Å². The van der Waals surface area contributed by atoms with Crippen molar-refractivity contribution in [3.8, 4) is 0 Å². The van der Waals surface area contributed by atoms with Gasteiger partial charge in [-0.05, 0) is 55.9 Å². The molecule has 0 spiro atoms. The van der Waals surface area contributed by atoms with Crippen LogP contribution in [0.3, 0.4) is 0 Å². The predicted octanol–water partition coefficient (Wildman–Crippen LogP) is 4.56. The van der Waals surface area contributed by atoms with Crippen molar-refractivity contribution in [3.63, 3.8) is 0 Å². The fraction of sp³-hybridized carbons (Fsp3) is 0.636. The van der Waals surface area contributed by atoms with Crippen LogP contribution in [-0.2, 0) is 30.2 Å². The van der Waals surface area contributed by atoms with Gasteiger partial charge in [-0.3, -0.25) is 9.59 Å². The Kier molecular flexibility index (Phi) is 11.3. The van der Waals surface area contributed by atoms with Crippen molar-refractivity contribution >= 4 is 23.5 Å². The van der Waals surface area contributed by atoms with Gasteiger partial charge in [-0.1, -0.05) is 25.1 Å². The zero-order valence-electron chi connectivity index (χ0n) is 16.8. The van der Waals surface area contributed by atoms with Crippen molar-refractivity contribution in [1.82, 2.24) is 0 Å². The van der Waals surface area contributed by atoms with Crippen molar-refractivity contribution in [3.05, 3.63) is 29.8 Å². The van der Waals surface area contributed by atoms with Crippen LogP contribution < -0.4 is 0 Å². The molecule has 1 aliphatic heterocycles. The molecular weight excluding hydrogens is 376 g/mol. The average molecular weight is 409 g/mol. The standard InChI is InChI=1S/C22H32O5S/c1-2-19(23)17-21(24)25-13-7-8-16-28-20-10-4-3-9-18(20)12-15-27-22-11-5-6-14-26-22/h3-4,9-10,22H,2,5-8,11-17H2,1H3. The molecule has 0 N–H and O–H groups in total. The van der Waals surface area contributed by atoms with Gasteiger partial charge in [0.05, 0.1) is 13.2 Å². The second kappa shape index (κ2) is 13.7. The molecule has 0 saturated carbocycles. The highest BCUT2D eigenvalue weighted by atomic mass is 32.2. The van der Waals surface area contributed by atoms with E-state index in [4.69, 9.17) is 14.2 Å². The Morgan fingerprint density at radius 3 is 2.82 bits per heavy atom. The van der Waals surface area contributed by atoms with Crippen LogP contribution in [0.25, 0.3) is 0 Å². The van der Waals surface area contributed by atoms with E-state index in [1.165, 1.54) is 16.9 Å². The molecule has 0 aliphatic carbocycles. The zero-order chi connectivity index (χ0) is 20.0. The van der Waals surface area contributed by atoms with Gasteiger partial charge in [0, 0.05) is 17.9 Å². The number of ether oxygens (including phenoxy) is 3. The highest BCUT2D eigenvalue weighted by Crippen LogP contribution is 2.24. The second-order valence-corrected chi connectivity index (χ2v) is 8.01. The molecule has 28 heavy (non-hydrogen) atoms. The molecule has 1 heterocycles. The molecule has 6 heteroatoms. The first-order chi connectivity index (χ1) is 13.7. The van der Waals surface area contributed by atoms with Crippen molar-refractivity contribution in [2.75, 3.05) is 25.6 Å². The molecule has 156 valence electrons. The highest BCUT2D eigenvalue weighted by molar-refractivity contribution is 7.99. The molecule has 1 aromatic carbocycles. The molecule has 5 nitrogen and oxygen atoms in total. The van der Waals surface area contributed by atoms with E-state index in [9.17, 15) is 9.59 Å². The van der Waals surface area contributed by atoms with Crippen LogP contribution in [0.15, 0.2) is 29.2 Å². The van der Waals surface area contributed by atoms with Gasteiger partial charge in [-0.15, -0.1) is 11.8 Å². The summed E-state index contributed by atoms with van der Waals surface area (Å²) < 4.78 is 16.6. The molecule has 1 aromatic rings. The van der Waals surface area contributed by atoms with Crippen LogP contribution in [0.2, 0.25) is 0 Å². The van der Waals surface area contributed by atoms with Gasteiger partial charge in [0.25, 0.3) is 0 Å². The molecule has 1 aliphatic rings. The van der Waals surface area contributed by atoms with Crippen LogP contribution in [-0.4, -0.2) is 43.6 Å². The van der Waals surface area contributed by atoms with Gasteiger partial charge < -0.3 is 14.2 Å². The lowest BCUT2D eigenvalue weighted by atomic mass is 10.1. The van der Waals surface area contributed by atoms with Crippen molar-refractivity contribution in [2.45, 2.75) is 69.5 Å². The van der Waals surface area contributed by atoms with Crippen LogP contribution in [0.4, 0.5) is 0 Å². The number of hydrogen-bond donors (Lipinski definition) is 0. The Hall–Kier alpha value is -1.37. The third-order valence-electron chi connectivity index (χ3n) is 4.58. The van der Waals surface area contributed by atoms with Crippen molar-refractivity contribution in [1.29, 1.82) is 0 Å². The Balaban J connectivity index is 1.60. The largest absolute Gasteiger partial charge is 0.465 e. The van der Waals surface area contributed by atoms with E-state index in [2.05, 4.69) is 24.3 Å². The summed E-state index contributed by atoms with van der Waals surface area (Å²) in [5.41, 5.74) is 1.30. The maximum atomic E-state index is 11.5. The van der Waals surface area contributed by atoms with Crippen LogP contribution in [0.5, 0.6) is 0 Å². The van der Waals surface area contributed by atoms with E-state index >= 15 is 0 Å². The first-order valence-electron chi connectivity index (χ1n) is 10.3. The van der Waals surface area contributed by atoms with Gasteiger partial charge in [-0.25, -0.2) is 0 Å². The summed E-state index contributed by atoms with van der Waals surface area (Å²) in [5, 5.41) is 0. The van der Waals surface area contributed by atoms with Crippen molar-refractivity contribution < 1.29 is 23.8 Å². The van der Waals surface area contributed by atoms with Gasteiger partial charge in [0.15, 0.2) is 6.29 Å². The smallest absolute Gasteiger partial charge is 0.313 e. The number of benzene rings is 1. The topological polar surface area (TPSA) is 61.8 Å². The van der Waals surface area contributed by atoms with E-state index in [-0.39, 0.29) is 18.5 Å².